The number of hydrogen-bond donors (Lipinski definition) is 0. The van der Waals surface area contributed by atoms with Crippen LogP contribution in [0.4, 0.5) is 0 Å². The van der Waals surface area contributed by atoms with E-state index in [1.54, 1.807) is 19.9 Å². The average Bonchev–Trinajstić information content (AvgIpc) is 2.38. The minimum atomic E-state index is -0.376. The van der Waals surface area contributed by atoms with Crippen LogP contribution in [0, 0.1) is 5.92 Å². The van der Waals surface area contributed by atoms with Crippen molar-refractivity contribution in [2.24, 2.45) is 5.92 Å². The van der Waals surface area contributed by atoms with Gasteiger partial charge in [-0.25, -0.2) is 4.79 Å². The van der Waals surface area contributed by atoms with Gasteiger partial charge in [0.05, 0.1) is 18.1 Å². The van der Waals surface area contributed by atoms with Gasteiger partial charge in [0, 0.05) is 0 Å². The third-order valence-corrected chi connectivity index (χ3v) is 2.51. The second kappa shape index (κ2) is 10.6. The Labute approximate surface area is 116 Å². The van der Waals surface area contributed by atoms with Gasteiger partial charge in [-0.05, 0) is 12.8 Å². The molecule has 0 aliphatic heterocycles. The molecule has 0 aromatic heterocycles. The molecule has 0 amide bonds. The van der Waals surface area contributed by atoms with Crippen molar-refractivity contribution in [1.29, 1.82) is 0 Å². The Hall–Kier alpha value is -1.32. The third-order valence-electron chi connectivity index (χ3n) is 2.51. The number of allylic oxidation sites excluding steroid dienone is 1. The lowest BCUT2D eigenvalue weighted by atomic mass is 10.2. The van der Waals surface area contributed by atoms with Crippen LogP contribution in [-0.4, -0.2) is 25.2 Å². The molecule has 19 heavy (non-hydrogen) atoms. The van der Waals surface area contributed by atoms with Crippen molar-refractivity contribution in [2.75, 3.05) is 13.2 Å². The lowest BCUT2D eigenvalue weighted by molar-refractivity contribution is -0.147. The number of ether oxygens (including phenoxy) is 2. The topological polar surface area (TPSA) is 52.6 Å². The number of carbonyl (C=O) groups is 2. The molecule has 0 spiro atoms. The SMILES string of the molecule is CCCC=C(COC(=O)C(C)C)C(=O)OCCCC. The van der Waals surface area contributed by atoms with E-state index in [4.69, 9.17) is 9.47 Å². The van der Waals surface area contributed by atoms with Crippen molar-refractivity contribution in [3.05, 3.63) is 11.6 Å². The molecule has 4 nitrogen and oxygen atoms in total. The van der Waals surface area contributed by atoms with Crippen LogP contribution in [-0.2, 0) is 19.1 Å². The van der Waals surface area contributed by atoms with Gasteiger partial charge >= 0.3 is 11.9 Å². The second-order valence-corrected chi connectivity index (χ2v) is 4.77. The van der Waals surface area contributed by atoms with E-state index in [1.165, 1.54) is 0 Å². The summed E-state index contributed by atoms with van der Waals surface area (Å²) in [5, 5.41) is 0. The molecule has 0 aromatic carbocycles. The van der Waals surface area contributed by atoms with E-state index in [9.17, 15) is 9.59 Å². The molecule has 0 fully saturated rings. The van der Waals surface area contributed by atoms with Gasteiger partial charge in [0.1, 0.15) is 6.61 Å². The number of carbonyl (C=O) groups excluding carboxylic acids is 2. The molecular weight excluding hydrogens is 244 g/mol. The zero-order chi connectivity index (χ0) is 14.7. The lowest BCUT2D eigenvalue weighted by Crippen LogP contribution is -2.18. The van der Waals surface area contributed by atoms with E-state index in [0.717, 1.165) is 25.7 Å². The summed E-state index contributed by atoms with van der Waals surface area (Å²) < 4.78 is 10.2. The second-order valence-electron chi connectivity index (χ2n) is 4.77. The van der Waals surface area contributed by atoms with Crippen LogP contribution in [0.2, 0.25) is 0 Å². The van der Waals surface area contributed by atoms with Gasteiger partial charge in [-0.1, -0.05) is 46.6 Å². The number of rotatable bonds is 9. The Morgan fingerprint density at radius 3 is 2.32 bits per heavy atom. The Bertz CT molecular complexity index is 305. The number of unbranched alkanes of at least 4 members (excludes halogenated alkanes) is 2. The zero-order valence-corrected chi connectivity index (χ0v) is 12.5. The summed E-state index contributed by atoms with van der Waals surface area (Å²) in [6.45, 7) is 8.00. The van der Waals surface area contributed by atoms with E-state index in [-0.39, 0.29) is 24.5 Å². The number of hydrogen-bond acceptors (Lipinski definition) is 4. The molecule has 0 radical (unpaired) electrons. The molecule has 4 heteroatoms. The number of esters is 2. The first kappa shape index (κ1) is 17.7. The van der Waals surface area contributed by atoms with Crippen LogP contribution < -0.4 is 0 Å². The maximum atomic E-state index is 11.8. The van der Waals surface area contributed by atoms with Crippen LogP contribution >= 0.6 is 0 Å². The fourth-order valence-corrected chi connectivity index (χ4v) is 1.24. The first-order valence-corrected chi connectivity index (χ1v) is 7.05. The normalized spacial score (nSPS) is 11.5. The first-order chi connectivity index (χ1) is 9.02. The molecule has 0 rings (SSSR count). The summed E-state index contributed by atoms with van der Waals surface area (Å²) in [6.07, 6.45) is 5.32. The highest BCUT2D eigenvalue weighted by Gasteiger charge is 2.15. The van der Waals surface area contributed by atoms with E-state index in [1.807, 2.05) is 13.8 Å². The maximum Gasteiger partial charge on any atom is 0.337 e. The minimum absolute atomic E-state index is 0.00196. The van der Waals surface area contributed by atoms with Crippen molar-refractivity contribution in [3.63, 3.8) is 0 Å². The molecule has 0 saturated carbocycles. The highest BCUT2D eigenvalue weighted by Crippen LogP contribution is 2.06. The first-order valence-electron chi connectivity index (χ1n) is 7.05. The lowest BCUT2D eigenvalue weighted by Gasteiger charge is -2.10. The zero-order valence-electron chi connectivity index (χ0n) is 12.5. The van der Waals surface area contributed by atoms with E-state index in [0.29, 0.717) is 12.2 Å². The van der Waals surface area contributed by atoms with Gasteiger partial charge in [0.15, 0.2) is 0 Å². The Kier molecular flexibility index (Phi) is 9.85. The summed E-state index contributed by atoms with van der Waals surface area (Å²) in [6, 6.07) is 0. The summed E-state index contributed by atoms with van der Waals surface area (Å²) in [5.41, 5.74) is 0.437. The molecular formula is C15H26O4. The van der Waals surface area contributed by atoms with Gasteiger partial charge < -0.3 is 9.47 Å². The quantitative estimate of drug-likeness (QED) is 0.366. The smallest absolute Gasteiger partial charge is 0.337 e. The molecule has 0 unspecified atom stereocenters. The van der Waals surface area contributed by atoms with E-state index in [2.05, 4.69) is 0 Å². The van der Waals surface area contributed by atoms with Gasteiger partial charge in [0.25, 0.3) is 0 Å². The Morgan fingerprint density at radius 1 is 1.11 bits per heavy atom. The van der Waals surface area contributed by atoms with Crippen molar-refractivity contribution in [1.82, 2.24) is 0 Å². The molecule has 0 N–H and O–H groups in total. The standard InChI is InChI=1S/C15H26O4/c1-5-7-9-13(11-19-14(16)12(3)4)15(17)18-10-8-6-2/h9,12H,5-8,10-11H2,1-4H3. The molecule has 0 saturated heterocycles. The highest BCUT2D eigenvalue weighted by atomic mass is 16.5. The van der Waals surface area contributed by atoms with Crippen LogP contribution in [0.5, 0.6) is 0 Å². The van der Waals surface area contributed by atoms with Crippen molar-refractivity contribution < 1.29 is 19.1 Å². The molecule has 0 aliphatic rings. The molecule has 110 valence electrons. The van der Waals surface area contributed by atoms with E-state index < -0.39 is 0 Å². The van der Waals surface area contributed by atoms with Gasteiger partial charge in [0.2, 0.25) is 0 Å². The Morgan fingerprint density at radius 2 is 1.79 bits per heavy atom. The van der Waals surface area contributed by atoms with Crippen molar-refractivity contribution in [3.8, 4) is 0 Å². The minimum Gasteiger partial charge on any atom is -0.462 e. The van der Waals surface area contributed by atoms with Crippen molar-refractivity contribution >= 4 is 11.9 Å². The summed E-state index contributed by atoms with van der Waals surface area (Å²) in [4.78, 5) is 23.2. The predicted molar refractivity (Wildman–Crippen MR) is 74.7 cm³/mol. The largest absolute Gasteiger partial charge is 0.462 e. The third kappa shape index (κ3) is 8.41. The predicted octanol–water partition coefficient (Wildman–Crippen LogP) is 3.26. The molecule has 0 heterocycles. The average molecular weight is 270 g/mol. The fraction of sp³-hybridized carbons (Fsp3) is 0.733. The van der Waals surface area contributed by atoms with Crippen LogP contribution in [0.25, 0.3) is 0 Å². The highest BCUT2D eigenvalue weighted by molar-refractivity contribution is 5.89. The Balaban J connectivity index is 4.38. The summed E-state index contributed by atoms with van der Waals surface area (Å²) in [5.74, 6) is -0.870. The molecule has 0 atom stereocenters. The monoisotopic (exact) mass is 270 g/mol. The fourth-order valence-electron chi connectivity index (χ4n) is 1.24. The van der Waals surface area contributed by atoms with Crippen molar-refractivity contribution in [2.45, 2.75) is 53.4 Å². The maximum absolute atomic E-state index is 11.8. The van der Waals surface area contributed by atoms with Crippen LogP contribution in [0.3, 0.4) is 0 Å². The molecule has 0 aromatic rings. The van der Waals surface area contributed by atoms with E-state index >= 15 is 0 Å². The van der Waals surface area contributed by atoms with Crippen LogP contribution in [0.15, 0.2) is 11.6 Å². The van der Waals surface area contributed by atoms with Gasteiger partial charge in [-0.2, -0.15) is 0 Å². The molecule has 0 aliphatic carbocycles. The molecule has 0 bridgehead atoms. The summed E-state index contributed by atoms with van der Waals surface area (Å²) >= 11 is 0. The van der Waals surface area contributed by atoms with Crippen LogP contribution in [0.1, 0.15) is 53.4 Å². The van der Waals surface area contributed by atoms with Gasteiger partial charge in [-0.3, -0.25) is 4.79 Å². The summed E-state index contributed by atoms with van der Waals surface area (Å²) in [7, 11) is 0. The van der Waals surface area contributed by atoms with Gasteiger partial charge in [-0.15, -0.1) is 0 Å².